The number of nitrogens with one attached hydrogen (secondary N) is 1. The van der Waals surface area contributed by atoms with Gasteiger partial charge in [-0.1, -0.05) is 24.3 Å². The van der Waals surface area contributed by atoms with E-state index >= 15 is 0 Å². The molecular weight excluding hydrogens is 304 g/mol. The second kappa shape index (κ2) is 6.75. The van der Waals surface area contributed by atoms with Gasteiger partial charge in [-0.3, -0.25) is 0 Å². The fraction of sp³-hybridized carbons (Fsp3) is 0.444. The second-order valence-electron chi connectivity index (χ2n) is 6.47. The summed E-state index contributed by atoms with van der Waals surface area (Å²) in [6, 6.07) is 7.80. The van der Waals surface area contributed by atoms with Crippen LogP contribution in [0.3, 0.4) is 0 Å². The van der Waals surface area contributed by atoms with Crippen LogP contribution in [0.15, 0.2) is 30.5 Å². The summed E-state index contributed by atoms with van der Waals surface area (Å²) in [5.74, 6) is 1.68. The van der Waals surface area contributed by atoms with Crippen LogP contribution in [-0.4, -0.2) is 48.4 Å². The lowest BCUT2D eigenvalue weighted by Gasteiger charge is -2.30. The van der Waals surface area contributed by atoms with Gasteiger partial charge in [0, 0.05) is 32.3 Å². The Balaban J connectivity index is 1.90. The lowest BCUT2D eigenvalue weighted by molar-refractivity contribution is 0.0786. The molecule has 0 atom stereocenters. The highest BCUT2D eigenvalue weighted by atomic mass is 16.5. The van der Waals surface area contributed by atoms with E-state index in [1.54, 1.807) is 27.2 Å². The molecule has 0 saturated heterocycles. The smallest absolute Gasteiger partial charge is 0.172 e. The van der Waals surface area contributed by atoms with Crippen molar-refractivity contribution < 1.29 is 9.84 Å². The maximum absolute atomic E-state index is 10.1. The van der Waals surface area contributed by atoms with Crippen LogP contribution in [0.1, 0.15) is 19.4 Å². The summed E-state index contributed by atoms with van der Waals surface area (Å²) in [4.78, 5) is 11.5. The first-order valence-electron chi connectivity index (χ1n) is 8.17. The maximum Gasteiger partial charge on any atom is 0.172 e. The van der Waals surface area contributed by atoms with Crippen LogP contribution in [0.5, 0.6) is 0 Å². The lowest BCUT2D eigenvalue weighted by Crippen LogP contribution is -2.37. The van der Waals surface area contributed by atoms with Crippen LogP contribution in [0.2, 0.25) is 0 Å². The Hall–Kier alpha value is -2.18. The minimum Gasteiger partial charge on any atom is -0.386 e. The Morgan fingerprint density at radius 2 is 2.04 bits per heavy atom. The van der Waals surface area contributed by atoms with Crippen molar-refractivity contribution in [2.75, 3.05) is 43.6 Å². The van der Waals surface area contributed by atoms with Crippen LogP contribution in [0.25, 0.3) is 11.3 Å². The number of hydrogen-bond donors (Lipinski definition) is 2. The van der Waals surface area contributed by atoms with E-state index in [1.165, 1.54) is 0 Å². The zero-order valence-corrected chi connectivity index (χ0v) is 14.4. The predicted octanol–water partition coefficient (Wildman–Crippen LogP) is 2.25. The molecule has 0 unspecified atom stereocenters. The number of aromatic nitrogens is 2. The first-order chi connectivity index (χ1) is 11.5. The minimum absolute atomic E-state index is 0.658. The molecule has 0 aliphatic carbocycles. The molecule has 24 heavy (non-hydrogen) atoms. The molecule has 2 N–H and O–H groups in total. The van der Waals surface area contributed by atoms with Crippen LogP contribution >= 0.6 is 0 Å². The van der Waals surface area contributed by atoms with Crippen molar-refractivity contribution in [1.82, 2.24) is 9.97 Å². The average Bonchev–Trinajstić information content (AvgIpc) is 2.59. The molecule has 6 nitrogen and oxygen atoms in total. The van der Waals surface area contributed by atoms with Gasteiger partial charge in [0.15, 0.2) is 11.6 Å². The fourth-order valence-electron chi connectivity index (χ4n) is 2.75. The summed E-state index contributed by atoms with van der Waals surface area (Å²) < 4.78 is 5.19. The van der Waals surface area contributed by atoms with Gasteiger partial charge in [-0.05, 0) is 19.4 Å². The molecule has 0 radical (unpaired) electrons. The van der Waals surface area contributed by atoms with E-state index in [4.69, 9.17) is 9.72 Å². The molecule has 0 fully saturated rings. The van der Waals surface area contributed by atoms with Gasteiger partial charge in [0.2, 0.25) is 0 Å². The first-order valence-corrected chi connectivity index (χ1v) is 8.17. The third-order valence-corrected chi connectivity index (χ3v) is 4.18. The van der Waals surface area contributed by atoms with Crippen molar-refractivity contribution >= 4 is 11.6 Å². The van der Waals surface area contributed by atoms with Crippen molar-refractivity contribution in [3.8, 4) is 11.3 Å². The van der Waals surface area contributed by atoms with Crippen molar-refractivity contribution in [3.63, 3.8) is 0 Å². The predicted molar refractivity (Wildman–Crippen MR) is 95.3 cm³/mol. The Morgan fingerprint density at radius 1 is 1.29 bits per heavy atom. The first kappa shape index (κ1) is 16.7. The van der Waals surface area contributed by atoms with Gasteiger partial charge in [0.25, 0.3) is 0 Å². The third-order valence-electron chi connectivity index (χ3n) is 4.18. The van der Waals surface area contributed by atoms with E-state index in [0.717, 1.165) is 48.1 Å². The van der Waals surface area contributed by atoms with Gasteiger partial charge in [-0.15, -0.1) is 0 Å². The number of benzene rings is 1. The molecule has 3 rings (SSSR count). The summed E-state index contributed by atoms with van der Waals surface area (Å²) in [5, 5.41) is 13.4. The van der Waals surface area contributed by atoms with Gasteiger partial charge in [-0.2, -0.15) is 0 Å². The second-order valence-corrected chi connectivity index (χ2v) is 6.47. The van der Waals surface area contributed by atoms with E-state index in [1.807, 2.05) is 24.3 Å². The zero-order chi connectivity index (χ0) is 17.2. The summed E-state index contributed by atoms with van der Waals surface area (Å²) in [7, 11) is 1.70. The molecule has 1 aromatic heterocycles. The average molecular weight is 328 g/mol. The van der Waals surface area contributed by atoms with Gasteiger partial charge in [0.1, 0.15) is 0 Å². The van der Waals surface area contributed by atoms with Gasteiger partial charge in [0.05, 0.1) is 24.1 Å². The highest BCUT2D eigenvalue weighted by Crippen LogP contribution is 2.29. The summed E-state index contributed by atoms with van der Waals surface area (Å²) in [5.41, 5.74) is 1.83. The summed E-state index contributed by atoms with van der Waals surface area (Å²) in [6.45, 7) is 6.74. The number of rotatable bonds is 5. The Kier molecular flexibility index (Phi) is 4.69. The molecule has 0 bridgehead atoms. The molecule has 1 aliphatic heterocycles. The van der Waals surface area contributed by atoms with Crippen LogP contribution in [-0.2, 0) is 10.3 Å². The van der Waals surface area contributed by atoms with E-state index in [-0.39, 0.29) is 0 Å². The largest absolute Gasteiger partial charge is 0.386 e. The van der Waals surface area contributed by atoms with E-state index in [9.17, 15) is 5.11 Å². The number of hydrogen-bond acceptors (Lipinski definition) is 6. The molecule has 128 valence electrons. The number of fused-ring (bicyclic) bond motifs is 1. The normalized spacial score (nSPS) is 14.2. The number of anilines is 2. The van der Waals surface area contributed by atoms with Gasteiger partial charge >= 0.3 is 0 Å². The van der Waals surface area contributed by atoms with Crippen molar-refractivity contribution in [2.24, 2.45) is 0 Å². The molecule has 2 heterocycles. The molecular formula is C18H24N4O2. The maximum atomic E-state index is 10.1. The molecule has 2 aromatic rings. The molecule has 6 heteroatoms. The Labute approximate surface area is 142 Å². The van der Waals surface area contributed by atoms with Crippen molar-refractivity contribution in [3.05, 3.63) is 36.0 Å². The molecule has 0 spiro atoms. The quantitative estimate of drug-likeness (QED) is 0.877. The van der Waals surface area contributed by atoms with E-state index in [2.05, 4.69) is 15.2 Å². The van der Waals surface area contributed by atoms with Crippen LogP contribution < -0.4 is 10.2 Å². The molecule has 1 aliphatic rings. The topological polar surface area (TPSA) is 70.5 Å². The SMILES string of the molecule is COCCN1CCNc2ncc(-c3ccc(C(C)(C)O)cc3)nc21. The lowest BCUT2D eigenvalue weighted by atomic mass is 9.97. The minimum atomic E-state index is -0.846. The number of ether oxygens (including phenoxy) is 1. The monoisotopic (exact) mass is 328 g/mol. The fourth-order valence-corrected chi connectivity index (χ4v) is 2.75. The molecule has 0 amide bonds. The van der Waals surface area contributed by atoms with Gasteiger partial charge in [-0.25, -0.2) is 9.97 Å². The standard InChI is InChI=1S/C18H24N4O2/c1-18(2,23)14-6-4-13(5-7-14)15-12-20-16-17(21-15)22(9-8-19-16)10-11-24-3/h4-7,12,23H,8-11H2,1-3H3,(H,19,20). The highest BCUT2D eigenvalue weighted by Gasteiger charge is 2.20. The van der Waals surface area contributed by atoms with E-state index in [0.29, 0.717) is 6.61 Å². The van der Waals surface area contributed by atoms with Crippen molar-refractivity contribution in [1.29, 1.82) is 0 Å². The number of aliphatic hydroxyl groups is 1. The number of methoxy groups -OCH3 is 1. The van der Waals surface area contributed by atoms with Crippen LogP contribution in [0.4, 0.5) is 11.6 Å². The van der Waals surface area contributed by atoms with Gasteiger partial charge < -0.3 is 20.1 Å². The Bertz CT molecular complexity index is 695. The highest BCUT2D eigenvalue weighted by molar-refractivity contribution is 5.69. The number of nitrogens with zero attached hydrogens (tertiary/aromatic N) is 3. The third kappa shape index (κ3) is 3.49. The van der Waals surface area contributed by atoms with Crippen molar-refractivity contribution in [2.45, 2.75) is 19.4 Å². The zero-order valence-electron chi connectivity index (χ0n) is 14.4. The summed E-state index contributed by atoms with van der Waals surface area (Å²) in [6.07, 6.45) is 1.78. The summed E-state index contributed by atoms with van der Waals surface area (Å²) >= 11 is 0. The molecule has 1 aromatic carbocycles. The van der Waals surface area contributed by atoms with E-state index < -0.39 is 5.60 Å². The van der Waals surface area contributed by atoms with Crippen LogP contribution in [0, 0.1) is 0 Å². The Morgan fingerprint density at radius 3 is 2.71 bits per heavy atom. The molecule has 0 saturated carbocycles.